The second-order valence-corrected chi connectivity index (χ2v) is 5.77. The highest BCUT2D eigenvalue weighted by Gasteiger charge is 2.28. The summed E-state index contributed by atoms with van der Waals surface area (Å²) >= 11 is 0. The van der Waals surface area contributed by atoms with E-state index in [1.165, 1.54) is 18.4 Å². The van der Waals surface area contributed by atoms with E-state index >= 15 is 0 Å². The molecular formula is C17H17N3O2. The van der Waals surface area contributed by atoms with E-state index in [2.05, 4.69) is 16.0 Å². The molecule has 0 bridgehead atoms. The van der Waals surface area contributed by atoms with Crippen LogP contribution >= 0.6 is 0 Å². The molecule has 1 aromatic heterocycles. The number of ether oxygens (including phenoxy) is 1. The number of amides is 1. The minimum Gasteiger partial charge on any atom is -0.491 e. The Balaban J connectivity index is 1.63. The van der Waals surface area contributed by atoms with Gasteiger partial charge in [0.2, 0.25) is 0 Å². The zero-order chi connectivity index (χ0) is 14.9. The molecule has 1 fully saturated rings. The summed E-state index contributed by atoms with van der Waals surface area (Å²) in [6, 6.07) is 7.79. The molecule has 2 heterocycles. The largest absolute Gasteiger partial charge is 0.491 e. The molecule has 0 spiro atoms. The van der Waals surface area contributed by atoms with Crippen LogP contribution < -0.4 is 4.74 Å². The minimum atomic E-state index is 0.00227. The molecular weight excluding hydrogens is 278 g/mol. The SMILES string of the molecule is O=C1c2cc(C3CC3)ccc2OCCN1Cc1ncccn1. The van der Waals surface area contributed by atoms with Crippen LogP contribution in [0.15, 0.2) is 36.7 Å². The Hall–Kier alpha value is -2.43. The van der Waals surface area contributed by atoms with Gasteiger partial charge < -0.3 is 9.64 Å². The quantitative estimate of drug-likeness (QED) is 0.872. The normalized spacial score (nSPS) is 17.6. The average molecular weight is 295 g/mol. The molecule has 5 nitrogen and oxygen atoms in total. The Kier molecular flexibility index (Phi) is 3.25. The summed E-state index contributed by atoms with van der Waals surface area (Å²) in [5.41, 5.74) is 1.91. The molecule has 5 heteroatoms. The molecule has 0 unspecified atom stereocenters. The van der Waals surface area contributed by atoms with E-state index < -0.39 is 0 Å². The van der Waals surface area contributed by atoms with Crippen LogP contribution in [0.4, 0.5) is 0 Å². The number of carbonyl (C=O) groups excluding carboxylic acids is 1. The van der Waals surface area contributed by atoms with Crippen molar-refractivity contribution >= 4 is 5.91 Å². The lowest BCUT2D eigenvalue weighted by Crippen LogP contribution is -2.32. The van der Waals surface area contributed by atoms with E-state index in [1.54, 1.807) is 23.4 Å². The van der Waals surface area contributed by atoms with Crippen LogP contribution in [-0.2, 0) is 6.54 Å². The van der Waals surface area contributed by atoms with Crippen molar-refractivity contribution in [3.05, 3.63) is 53.6 Å². The summed E-state index contributed by atoms with van der Waals surface area (Å²) in [5.74, 6) is 1.96. The molecule has 4 rings (SSSR count). The van der Waals surface area contributed by atoms with Crippen molar-refractivity contribution in [1.82, 2.24) is 14.9 Å². The first-order chi connectivity index (χ1) is 10.8. The van der Waals surface area contributed by atoms with E-state index in [9.17, 15) is 4.79 Å². The van der Waals surface area contributed by atoms with Gasteiger partial charge in [-0.3, -0.25) is 4.79 Å². The van der Waals surface area contributed by atoms with Gasteiger partial charge in [-0.1, -0.05) is 6.07 Å². The second-order valence-electron chi connectivity index (χ2n) is 5.77. The van der Waals surface area contributed by atoms with Crippen LogP contribution in [0.2, 0.25) is 0 Å². The minimum absolute atomic E-state index is 0.00227. The summed E-state index contributed by atoms with van der Waals surface area (Å²) in [6.45, 7) is 1.45. The summed E-state index contributed by atoms with van der Waals surface area (Å²) in [6.07, 6.45) is 5.82. The lowest BCUT2D eigenvalue weighted by molar-refractivity contribution is 0.0738. The summed E-state index contributed by atoms with van der Waals surface area (Å²) in [5, 5.41) is 0. The van der Waals surface area contributed by atoms with Crippen molar-refractivity contribution in [2.24, 2.45) is 0 Å². The smallest absolute Gasteiger partial charge is 0.258 e. The fraction of sp³-hybridized carbons (Fsp3) is 0.353. The molecule has 2 aromatic rings. The van der Waals surface area contributed by atoms with Crippen molar-refractivity contribution in [3.63, 3.8) is 0 Å². The van der Waals surface area contributed by atoms with Gasteiger partial charge in [0, 0.05) is 12.4 Å². The standard InChI is InChI=1S/C17H17N3O2/c21-17-14-10-13(12-2-3-12)4-5-15(14)22-9-8-20(17)11-16-18-6-1-7-19-16/h1,4-7,10,12H,2-3,8-9,11H2. The van der Waals surface area contributed by atoms with E-state index in [1.807, 2.05) is 12.1 Å². The third-order valence-electron chi connectivity index (χ3n) is 4.14. The Morgan fingerprint density at radius 3 is 2.82 bits per heavy atom. The molecule has 0 N–H and O–H groups in total. The van der Waals surface area contributed by atoms with Gasteiger partial charge in [-0.15, -0.1) is 0 Å². The van der Waals surface area contributed by atoms with Gasteiger partial charge >= 0.3 is 0 Å². The fourth-order valence-electron chi connectivity index (χ4n) is 2.78. The number of hydrogen-bond acceptors (Lipinski definition) is 4. The van der Waals surface area contributed by atoms with E-state index in [-0.39, 0.29) is 5.91 Å². The van der Waals surface area contributed by atoms with Gasteiger partial charge in [-0.2, -0.15) is 0 Å². The molecule has 2 aliphatic rings. The molecule has 1 saturated carbocycles. The van der Waals surface area contributed by atoms with Crippen LogP contribution in [0.1, 0.15) is 40.5 Å². The number of nitrogens with zero attached hydrogens (tertiary/aromatic N) is 3. The van der Waals surface area contributed by atoms with Crippen molar-refractivity contribution in [3.8, 4) is 5.75 Å². The van der Waals surface area contributed by atoms with Crippen LogP contribution in [0, 0.1) is 0 Å². The summed E-state index contributed by atoms with van der Waals surface area (Å²) in [4.78, 5) is 23.0. The van der Waals surface area contributed by atoms with Gasteiger partial charge in [0.25, 0.3) is 5.91 Å². The first kappa shape index (κ1) is 13.2. The zero-order valence-electron chi connectivity index (χ0n) is 12.2. The van der Waals surface area contributed by atoms with Gasteiger partial charge in [-0.05, 0) is 42.5 Å². The maximum absolute atomic E-state index is 12.8. The Morgan fingerprint density at radius 2 is 2.05 bits per heavy atom. The lowest BCUT2D eigenvalue weighted by atomic mass is 10.1. The maximum atomic E-state index is 12.8. The third-order valence-corrected chi connectivity index (χ3v) is 4.14. The average Bonchev–Trinajstić information content (AvgIpc) is 3.39. The first-order valence-electron chi connectivity index (χ1n) is 7.63. The highest BCUT2D eigenvalue weighted by Crippen LogP contribution is 2.41. The zero-order valence-corrected chi connectivity index (χ0v) is 12.2. The molecule has 112 valence electrons. The molecule has 0 radical (unpaired) electrons. The lowest BCUT2D eigenvalue weighted by Gasteiger charge is -2.18. The van der Waals surface area contributed by atoms with Gasteiger partial charge in [0.15, 0.2) is 0 Å². The van der Waals surface area contributed by atoms with E-state index in [4.69, 9.17) is 4.74 Å². The molecule has 1 amide bonds. The van der Waals surface area contributed by atoms with Gasteiger partial charge in [0.05, 0.1) is 18.7 Å². The Bertz CT molecular complexity index is 698. The van der Waals surface area contributed by atoms with Crippen LogP contribution in [0.3, 0.4) is 0 Å². The number of carbonyl (C=O) groups is 1. The maximum Gasteiger partial charge on any atom is 0.258 e. The molecule has 1 aliphatic carbocycles. The van der Waals surface area contributed by atoms with Crippen LogP contribution in [0.5, 0.6) is 5.75 Å². The second kappa shape index (κ2) is 5.40. The topological polar surface area (TPSA) is 55.3 Å². The first-order valence-corrected chi connectivity index (χ1v) is 7.63. The van der Waals surface area contributed by atoms with Crippen molar-refractivity contribution in [2.75, 3.05) is 13.2 Å². The highest BCUT2D eigenvalue weighted by molar-refractivity contribution is 5.97. The van der Waals surface area contributed by atoms with Gasteiger partial charge in [-0.25, -0.2) is 9.97 Å². The monoisotopic (exact) mass is 295 g/mol. The van der Waals surface area contributed by atoms with Gasteiger partial charge in [0.1, 0.15) is 18.2 Å². The molecule has 1 aliphatic heterocycles. The number of hydrogen-bond donors (Lipinski definition) is 0. The van der Waals surface area contributed by atoms with Crippen LogP contribution in [0.25, 0.3) is 0 Å². The molecule has 1 aromatic carbocycles. The predicted octanol–water partition coefficient (Wildman–Crippen LogP) is 2.39. The number of aromatic nitrogens is 2. The van der Waals surface area contributed by atoms with Crippen molar-refractivity contribution in [2.45, 2.75) is 25.3 Å². The fourth-order valence-corrected chi connectivity index (χ4v) is 2.78. The number of fused-ring (bicyclic) bond motifs is 1. The summed E-state index contributed by atoms with van der Waals surface area (Å²) in [7, 11) is 0. The number of rotatable bonds is 3. The molecule has 0 atom stereocenters. The predicted molar refractivity (Wildman–Crippen MR) is 80.7 cm³/mol. The van der Waals surface area contributed by atoms with Crippen molar-refractivity contribution in [1.29, 1.82) is 0 Å². The van der Waals surface area contributed by atoms with Crippen molar-refractivity contribution < 1.29 is 9.53 Å². The van der Waals surface area contributed by atoms with Crippen LogP contribution in [-0.4, -0.2) is 33.9 Å². The van der Waals surface area contributed by atoms with E-state index in [0.717, 1.165) is 0 Å². The van der Waals surface area contributed by atoms with E-state index in [0.29, 0.717) is 42.8 Å². The third kappa shape index (κ3) is 2.54. The summed E-state index contributed by atoms with van der Waals surface area (Å²) < 4.78 is 5.74. The molecule has 22 heavy (non-hydrogen) atoms. The Morgan fingerprint density at radius 1 is 1.23 bits per heavy atom. The highest BCUT2D eigenvalue weighted by atomic mass is 16.5. The molecule has 0 saturated heterocycles. The Labute approximate surface area is 129 Å². The number of benzene rings is 1.